The Labute approximate surface area is 109 Å². The Hall–Kier alpha value is -1.80. The molecule has 2 nitrogen and oxygen atoms in total. The number of nitrogen functional groups attached to an aromatic ring is 1. The van der Waals surface area contributed by atoms with Gasteiger partial charge in [-0.3, -0.25) is 0 Å². The monoisotopic (exact) mass is 240 g/mol. The second kappa shape index (κ2) is 5.23. The molecule has 0 heterocycles. The lowest BCUT2D eigenvalue weighted by molar-refractivity contribution is 0.848. The highest BCUT2D eigenvalue weighted by molar-refractivity contribution is 5.44. The maximum Gasteiger partial charge on any atom is 0.0552 e. The van der Waals surface area contributed by atoms with Crippen molar-refractivity contribution in [2.24, 2.45) is 5.73 Å². The summed E-state index contributed by atoms with van der Waals surface area (Å²) in [7, 11) is 0. The fraction of sp³-hybridized carbons (Fsp3) is 0.250. The molecule has 0 aliphatic carbocycles. The maximum atomic E-state index is 6.26. The van der Waals surface area contributed by atoms with E-state index >= 15 is 0 Å². The Kier molecular flexibility index (Phi) is 3.68. The molecule has 0 aliphatic rings. The van der Waals surface area contributed by atoms with E-state index in [1.54, 1.807) is 0 Å². The largest absolute Gasteiger partial charge is 0.399 e. The average Bonchev–Trinajstić information content (AvgIpc) is 2.38. The summed E-state index contributed by atoms with van der Waals surface area (Å²) in [6.07, 6.45) is 0. The molecule has 4 N–H and O–H groups in total. The minimum absolute atomic E-state index is 0.116. The SMILES string of the molecule is CC(C)c1ccc(C(N)c2cccc(N)c2)cc1. The van der Waals surface area contributed by atoms with Crippen LogP contribution in [0.5, 0.6) is 0 Å². The number of rotatable bonds is 3. The average molecular weight is 240 g/mol. The summed E-state index contributed by atoms with van der Waals surface area (Å²) in [5.41, 5.74) is 16.3. The molecule has 2 aromatic rings. The molecule has 0 radical (unpaired) electrons. The van der Waals surface area contributed by atoms with E-state index in [-0.39, 0.29) is 6.04 Å². The highest BCUT2D eigenvalue weighted by Crippen LogP contribution is 2.23. The predicted molar refractivity (Wildman–Crippen MR) is 77.4 cm³/mol. The molecule has 2 rings (SSSR count). The molecule has 18 heavy (non-hydrogen) atoms. The maximum absolute atomic E-state index is 6.26. The normalized spacial score (nSPS) is 12.7. The van der Waals surface area contributed by atoms with Gasteiger partial charge in [-0.2, -0.15) is 0 Å². The Balaban J connectivity index is 2.26. The van der Waals surface area contributed by atoms with Gasteiger partial charge in [-0.25, -0.2) is 0 Å². The fourth-order valence-corrected chi connectivity index (χ4v) is 2.03. The van der Waals surface area contributed by atoms with Crippen LogP contribution in [0.4, 0.5) is 5.69 Å². The molecule has 2 heteroatoms. The number of hydrogen-bond acceptors (Lipinski definition) is 2. The highest BCUT2D eigenvalue weighted by Gasteiger charge is 2.09. The minimum atomic E-state index is -0.116. The molecule has 94 valence electrons. The Morgan fingerprint density at radius 1 is 0.833 bits per heavy atom. The third kappa shape index (κ3) is 2.71. The van der Waals surface area contributed by atoms with Gasteiger partial charge in [-0.1, -0.05) is 50.2 Å². The van der Waals surface area contributed by atoms with Crippen molar-refractivity contribution in [1.29, 1.82) is 0 Å². The van der Waals surface area contributed by atoms with E-state index in [1.165, 1.54) is 5.56 Å². The van der Waals surface area contributed by atoms with Crippen molar-refractivity contribution in [3.8, 4) is 0 Å². The van der Waals surface area contributed by atoms with Crippen LogP contribution in [0.25, 0.3) is 0 Å². The Bertz CT molecular complexity index is 515. The van der Waals surface area contributed by atoms with Gasteiger partial charge in [-0.15, -0.1) is 0 Å². The highest BCUT2D eigenvalue weighted by atomic mass is 14.6. The minimum Gasteiger partial charge on any atom is -0.399 e. The molecule has 0 saturated carbocycles. The summed E-state index contributed by atoms with van der Waals surface area (Å²) in [6, 6.07) is 16.1. The van der Waals surface area contributed by atoms with E-state index in [1.807, 2.05) is 24.3 Å². The molecule has 1 unspecified atom stereocenters. The molecule has 0 aliphatic heterocycles. The van der Waals surface area contributed by atoms with Crippen LogP contribution in [0.15, 0.2) is 48.5 Å². The fourth-order valence-electron chi connectivity index (χ4n) is 2.03. The predicted octanol–water partition coefficient (Wildman–Crippen LogP) is 3.44. The van der Waals surface area contributed by atoms with Gasteiger partial charge in [0.1, 0.15) is 0 Å². The van der Waals surface area contributed by atoms with E-state index in [9.17, 15) is 0 Å². The van der Waals surface area contributed by atoms with E-state index in [4.69, 9.17) is 11.5 Å². The summed E-state index contributed by atoms with van der Waals surface area (Å²) in [5.74, 6) is 0.544. The van der Waals surface area contributed by atoms with Gasteiger partial charge < -0.3 is 11.5 Å². The van der Waals surface area contributed by atoms with Crippen LogP contribution in [-0.2, 0) is 0 Å². The standard InChI is InChI=1S/C16H20N2/c1-11(2)12-6-8-13(9-7-12)16(18)14-4-3-5-15(17)10-14/h3-11,16H,17-18H2,1-2H3. The lowest BCUT2D eigenvalue weighted by Crippen LogP contribution is -2.12. The number of hydrogen-bond donors (Lipinski definition) is 2. The van der Waals surface area contributed by atoms with Gasteiger partial charge in [0.05, 0.1) is 6.04 Å². The quantitative estimate of drug-likeness (QED) is 0.807. The molecule has 0 amide bonds. The van der Waals surface area contributed by atoms with Crippen molar-refractivity contribution in [2.75, 3.05) is 5.73 Å². The van der Waals surface area contributed by atoms with Crippen LogP contribution in [0, 0.1) is 0 Å². The van der Waals surface area contributed by atoms with E-state index in [0.717, 1.165) is 16.8 Å². The zero-order valence-corrected chi connectivity index (χ0v) is 10.9. The van der Waals surface area contributed by atoms with Gasteiger partial charge in [0, 0.05) is 5.69 Å². The van der Waals surface area contributed by atoms with Gasteiger partial charge in [0.15, 0.2) is 0 Å². The third-order valence-corrected chi connectivity index (χ3v) is 3.23. The van der Waals surface area contributed by atoms with Crippen LogP contribution < -0.4 is 11.5 Å². The van der Waals surface area contributed by atoms with Gasteiger partial charge >= 0.3 is 0 Å². The first-order chi connectivity index (χ1) is 8.58. The summed E-state index contributed by atoms with van der Waals surface area (Å²) in [5, 5.41) is 0. The molecule has 0 spiro atoms. The van der Waals surface area contributed by atoms with Crippen molar-refractivity contribution in [3.05, 3.63) is 65.2 Å². The van der Waals surface area contributed by atoms with Crippen molar-refractivity contribution in [1.82, 2.24) is 0 Å². The second-order valence-electron chi connectivity index (χ2n) is 4.97. The lowest BCUT2D eigenvalue weighted by atomic mass is 9.96. The molecule has 0 saturated heterocycles. The summed E-state index contributed by atoms with van der Waals surface area (Å²) in [6.45, 7) is 4.37. The summed E-state index contributed by atoms with van der Waals surface area (Å²) < 4.78 is 0. The molecular formula is C16H20N2. The number of nitrogens with two attached hydrogens (primary N) is 2. The van der Waals surface area contributed by atoms with E-state index in [0.29, 0.717) is 5.92 Å². The van der Waals surface area contributed by atoms with Crippen molar-refractivity contribution < 1.29 is 0 Å². The smallest absolute Gasteiger partial charge is 0.0552 e. The van der Waals surface area contributed by atoms with E-state index < -0.39 is 0 Å². The van der Waals surface area contributed by atoms with Crippen LogP contribution in [0.1, 0.15) is 42.5 Å². The molecule has 2 aromatic carbocycles. The van der Waals surface area contributed by atoms with Crippen LogP contribution >= 0.6 is 0 Å². The Morgan fingerprint density at radius 2 is 1.44 bits per heavy atom. The molecule has 1 atom stereocenters. The van der Waals surface area contributed by atoms with Crippen molar-refractivity contribution in [3.63, 3.8) is 0 Å². The molecule has 0 aromatic heterocycles. The van der Waals surface area contributed by atoms with Crippen molar-refractivity contribution in [2.45, 2.75) is 25.8 Å². The topological polar surface area (TPSA) is 52.0 Å². The number of benzene rings is 2. The van der Waals surface area contributed by atoms with Crippen LogP contribution in [0.2, 0.25) is 0 Å². The third-order valence-electron chi connectivity index (χ3n) is 3.23. The zero-order valence-electron chi connectivity index (χ0n) is 10.9. The van der Waals surface area contributed by atoms with Gasteiger partial charge in [-0.05, 0) is 34.7 Å². The molecular weight excluding hydrogens is 220 g/mol. The molecule has 0 fully saturated rings. The van der Waals surface area contributed by atoms with Gasteiger partial charge in [0.2, 0.25) is 0 Å². The first-order valence-corrected chi connectivity index (χ1v) is 6.29. The zero-order chi connectivity index (χ0) is 13.1. The van der Waals surface area contributed by atoms with Crippen molar-refractivity contribution >= 4 is 5.69 Å². The van der Waals surface area contributed by atoms with E-state index in [2.05, 4.69) is 38.1 Å². The summed E-state index contributed by atoms with van der Waals surface area (Å²) >= 11 is 0. The number of anilines is 1. The molecule has 0 bridgehead atoms. The van der Waals surface area contributed by atoms with Gasteiger partial charge in [0.25, 0.3) is 0 Å². The van der Waals surface area contributed by atoms with Crippen LogP contribution in [0.3, 0.4) is 0 Å². The second-order valence-corrected chi connectivity index (χ2v) is 4.97. The Morgan fingerprint density at radius 3 is 2.00 bits per heavy atom. The summed E-state index contributed by atoms with van der Waals surface area (Å²) in [4.78, 5) is 0. The lowest BCUT2D eigenvalue weighted by Gasteiger charge is -2.14. The van der Waals surface area contributed by atoms with Crippen LogP contribution in [-0.4, -0.2) is 0 Å². The first kappa shape index (κ1) is 12.7. The first-order valence-electron chi connectivity index (χ1n) is 6.29.